The van der Waals surface area contributed by atoms with Crippen molar-refractivity contribution in [3.05, 3.63) is 16.1 Å². The van der Waals surface area contributed by atoms with Gasteiger partial charge in [0.05, 0.1) is 12.1 Å². The summed E-state index contributed by atoms with van der Waals surface area (Å²) in [5.74, 6) is -1.60. The Morgan fingerprint density at radius 2 is 2.33 bits per heavy atom. The first-order chi connectivity index (χ1) is 5.59. The minimum Gasteiger partial charge on any atom is -0.481 e. The highest BCUT2D eigenvalue weighted by Gasteiger charge is 2.08. The van der Waals surface area contributed by atoms with Crippen molar-refractivity contribution in [3.63, 3.8) is 0 Å². The number of rotatable bonds is 3. The first kappa shape index (κ1) is 8.66. The zero-order valence-corrected chi connectivity index (χ0v) is 6.80. The number of hydrogen-bond acceptors (Lipinski definition) is 4. The van der Waals surface area contributed by atoms with Gasteiger partial charge in [-0.3, -0.25) is 9.59 Å². The van der Waals surface area contributed by atoms with Crippen LogP contribution in [0.1, 0.15) is 15.5 Å². The van der Waals surface area contributed by atoms with E-state index in [1.165, 1.54) is 5.38 Å². The molecule has 0 unspecified atom stereocenters. The lowest BCUT2D eigenvalue weighted by Crippen LogP contribution is -2.10. The van der Waals surface area contributed by atoms with Gasteiger partial charge in [-0.25, -0.2) is 4.98 Å². The van der Waals surface area contributed by atoms with E-state index >= 15 is 0 Å². The quantitative estimate of drug-likeness (QED) is 0.687. The zero-order valence-electron chi connectivity index (χ0n) is 5.98. The summed E-state index contributed by atoms with van der Waals surface area (Å²) in [7, 11) is 0. The number of carbonyl (C=O) groups excluding carboxylic acids is 1. The molecule has 1 amide bonds. The SMILES string of the molecule is NC(=O)c1nc(CC(=O)O)cs1. The van der Waals surface area contributed by atoms with Crippen LogP contribution in [0, 0.1) is 0 Å². The minimum atomic E-state index is -0.976. The van der Waals surface area contributed by atoms with E-state index in [1.807, 2.05) is 0 Å². The molecule has 0 aliphatic rings. The second kappa shape index (κ2) is 3.31. The van der Waals surface area contributed by atoms with Gasteiger partial charge in [0.25, 0.3) is 5.91 Å². The molecule has 0 fully saturated rings. The molecule has 0 aromatic carbocycles. The van der Waals surface area contributed by atoms with Gasteiger partial charge in [-0.15, -0.1) is 11.3 Å². The lowest BCUT2D eigenvalue weighted by molar-refractivity contribution is -0.136. The van der Waals surface area contributed by atoms with E-state index in [0.717, 1.165) is 11.3 Å². The van der Waals surface area contributed by atoms with E-state index in [1.54, 1.807) is 0 Å². The molecule has 1 heterocycles. The fraction of sp³-hybridized carbons (Fsp3) is 0.167. The summed E-state index contributed by atoms with van der Waals surface area (Å²) in [6, 6.07) is 0. The molecule has 0 aliphatic heterocycles. The maximum atomic E-state index is 10.5. The number of amides is 1. The molecule has 0 atom stereocenters. The molecule has 5 nitrogen and oxygen atoms in total. The molecule has 1 aromatic heterocycles. The number of aliphatic carboxylic acids is 1. The van der Waals surface area contributed by atoms with E-state index < -0.39 is 11.9 Å². The molecule has 0 bridgehead atoms. The molecule has 12 heavy (non-hydrogen) atoms. The average molecular weight is 186 g/mol. The first-order valence-electron chi connectivity index (χ1n) is 3.05. The van der Waals surface area contributed by atoms with Gasteiger partial charge in [-0.2, -0.15) is 0 Å². The second-order valence-corrected chi connectivity index (χ2v) is 2.94. The summed E-state index contributed by atoms with van der Waals surface area (Å²) in [5.41, 5.74) is 5.28. The van der Waals surface area contributed by atoms with Crippen molar-refractivity contribution in [3.8, 4) is 0 Å². The average Bonchev–Trinajstić information content (AvgIpc) is 2.34. The summed E-state index contributed by atoms with van der Waals surface area (Å²) < 4.78 is 0. The highest BCUT2D eigenvalue weighted by molar-refractivity contribution is 7.11. The Labute approximate surface area is 71.8 Å². The van der Waals surface area contributed by atoms with Crippen molar-refractivity contribution in [2.75, 3.05) is 0 Å². The van der Waals surface area contributed by atoms with Crippen molar-refractivity contribution in [2.24, 2.45) is 5.73 Å². The van der Waals surface area contributed by atoms with Crippen LogP contribution in [0.2, 0.25) is 0 Å². The highest BCUT2D eigenvalue weighted by Crippen LogP contribution is 2.09. The largest absolute Gasteiger partial charge is 0.481 e. The maximum Gasteiger partial charge on any atom is 0.309 e. The number of aromatic nitrogens is 1. The first-order valence-corrected chi connectivity index (χ1v) is 3.93. The predicted octanol–water partition coefficient (Wildman–Crippen LogP) is -0.131. The van der Waals surface area contributed by atoms with Gasteiger partial charge in [0.15, 0.2) is 5.01 Å². The predicted molar refractivity (Wildman–Crippen MR) is 42.0 cm³/mol. The van der Waals surface area contributed by atoms with Crippen LogP contribution in [0.4, 0.5) is 0 Å². The summed E-state index contributed by atoms with van der Waals surface area (Å²) in [6.45, 7) is 0. The number of nitrogens with two attached hydrogens (primary N) is 1. The Bertz CT molecular complexity index is 320. The second-order valence-electron chi connectivity index (χ2n) is 2.08. The number of carbonyl (C=O) groups is 2. The van der Waals surface area contributed by atoms with Crippen molar-refractivity contribution < 1.29 is 14.7 Å². The summed E-state index contributed by atoms with van der Waals surface area (Å²) in [4.78, 5) is 24.4. The summed E-state index contributed by atoms with van der Waals surface area (Å²) in [5, 5.41) is 10.0. The van der Waals surface area contributed by atoms with Gasteiger partial charge < -0.3 is 10.8 Å². The molecular formula is C6H6N2O3S. The van der Waals surface area contributed by atoms with Gasteiger partial charge in [0.2, 0.25) is 0 Å². The fourth-order valence-electron chi connectivity index (χ4n) is 0.656. The van der Waals surface area contributed by atoms with Gasteiger partial charge in [0.1, 0.15) is 0 Å². The van der Waals surface area contributed by atoms with Crippen LogP contribution in [0.25, 0.3) is 0 Å². The van der Waals surface area contributed by atoms with Crippen molar-refractivity contribution >= 4 is 23.2 Å². The van der Waals surface area contributed by atoms with Crippen LogP contribution in [0.3, 0.4) is 0 Å². The Kier molecular flexibility index (Phi) is 2.39. The lowest BCUT2D eigenvalue weighted by atomic mass is 10.3. The van der Waals surface area contributed by atoms with E-state index in [2.05, 4.69) is 4.98 Å². The maximum absolute atomic E-state index is 10.5. The summed E-state index contributed by atoms with van der Waals surface area (Å²) >= 11 is 1.05. The van der Waals surface area contributed by atoms with Crippen molar-refractivity contribution in [2.45, 2.75) is 6.42 Å². The smallest absolute Gasteiger partial charge is 0.309 e. The molecular weight excluding hydrogens is 180 g/mol. The molecule has 3 N–H and O–H groups in total. The molecule has 1 aromatic rings. The third kappa shape index (κ3) is 2.03. The molecule has 1 rings (SSSR count). The molecule has 64 valence electrons. The molecule has 0 saturated heterocycles. The normalized spacial score (nSPS) is 9.67. The standard InChI is InChI=1S/C6H6N2O3S/c7-5(11)6-8-3(2-12-6)1-4(9)10/h2H,1H2,(H2,7,11)(H,9,10). The number of carboxylic acid groups (broad SMARTS) is 1. The van der Waals surface area contributed by atoms with E-state index in [-0.39, 0.29) is 11.4 Å². The van der Waals surface area contributed by atoms with E-state index in [9.17, 15) is 9.59 Å². The monoisotopic (exact) mass is 186 g/mol. The lowest BCUT2D eigenvalue weighted by Gasteiger charge is -1.86. The van der Waals surface area contributed by atoms with Crippen molar-refractivity contribution in [1.29, 1.82) is 0 Å². The van der Waals surface area contributed by atoms with Gasteiger partial charge >= 0.3 is 5.97 Å². The Hall–Kier alpha value is -1.43. The van der Waals surface area contributed by atoms with Crippen LogP contribution in [0.15, 0.2) is 5.38 Å². The van der Waals surface area contributed by atoms with Crippen molar-refractivity contribution in [1.82, 2.24) is 4.98 Å². The molecule has 0 saturated carbocycles. The van der Waals surface area contributed by atoms with Gasteiger partial charge in [-0.1, -0.05) is 0 Å². The van der Waals surface area contributed by atoms with Crippen LogP contribution in [-0.2, 0) is 11.2 Å². The summed E-state index contributed by atoms with van der Waals surface area (Å²) in [6.07, 6.45) is -0.177. The molecule has 0 aliphatic carbocycles. The van der Waals surface area contributed by atoms with Crippen LogP contribution in [0.5, 0.6) is 0 Å². The number of primary amides is 1. The Morgan fingerprint density at radius 1 is 1.67 bits per heavy atom. The van der Waals surface area contributed by atoms with E-state index in [4.69, 9.17) is 10.8 Å². The van der Waals surface area contributed by atoms with Crippen LogP contribution >= 0.6 is 11.3 Å². The molecule has 6 heteroatoms. The zero-order chi connectivity index (χ0) is 9.14. The number of thiazole rings is 1. The highest BCUT2D eigenvalue weighted by atomic mass is 32.1. The Morgan fingerprint density at radius 3 is 2.75 bits per heavy atom. The number of hydrogen-bond donors (Lipinski definition) is 2. The third-order valence-corrected chi connectivity index (χ3v) is 2.00. The van der Waals surface area contributed by atoms with Gasteiger partial charge in [-0.05, 0) is 0 Å². The van der Waals surface area contributed by atoms with Crippen LogP contribution < -0.4 is 5.73 Å². The number of carboxylic acids is 1. The van der Waals surface area contributed by atoms with Crippen LogP contribution in [-0.4, -0.2) is 22.0 Å². The third-order valence-electron chi connectivity index (χ3n) is 1.09. The Balaban J connectivity index is 2.77. The molecule has 0 radical (unpaired) electrons. The topological polar surface area (TPSA) is 93.3 Å². The van der Waals surface area contributed by atoms with Gasteiger partial charge in [0, 0.05) is 5.38 Å². The van der Waals surface area contributed by atoms with E-state index in [0.29, 0.717) is 5.69 Å². The molecule has 0 spiro atoms. The number of nitrogens with zero attached hydrogens (tertiary/aromatic N) is 1. The fourth-order valence-corrected chi connectivity index (χ4v) is 1.33. The minimum absolute atomic E-state index is 0.145.